The highest BCUT2D eigenvalue weighted by atomic mass is 19.1. The summed E-state index contributed by atoms with van der Waals surface area (Å²) < 4.78 is 33.3. The number of carbonyl (C=O) groups is 9. The lowest BCUT2D eigenvalue weighted by molar-refractivity contribution is -0.172. The molecule has 0 radical (unpaired) electrons. The van der Waals surface area contributed by atoms with Crippen molar-refractivity contribution in [3.8, 4) is 11.4 Å². The number of rotatable bonds is 22. The average Bonchev–Trinajstić information content (AvgIpc) is 4.25. The van der Waals surface area contributed by atoms with Gasteiger partial charge in [-0.1, -0.05) is 43.7 Å². The Morgan fingerprint density at radius 1 is 0.886 bits per heavy atom. The van der Waals surface area contributed by atoms with Gasteiger partial charge in [0.15, 0.2) is 12.2 Å². The van der Waals surface area contributed by atoms with E-state index in [1.165, 1.54) is 22.8 Å². The number of esters is 2. The monoisotopic (exact) mass is 1090 g/mol. The van der Waals surface area contributed by atoms with Gasteiger partial charge in [0.1, 0.15) is 31.7 Å². The summed E-state index contributed by atoms with van der Waals surface area (Å²) in [4.78, 5) is 134. The number of imide groups is 1. The molecule has 5 aliphatic rings. The average molecular weight is 1090 g/mol. The number of nitrogens with zero attached hydrogens (tertiary/aromatic N) is 3. The Bertz CT molecular complexity index is 3240. The summed E-state index contributed by atoms with van der Waals surface area (Å²) in [6.07, 6.45) is 5.79. The normalized spacial score (nSPS) is 20.0. The predicted octanol–water partition coefficient (Wildman–Crippen LogP) is 1.36. The minimum Gasteiger partial charge on any atom is -0.458 e. The number of pyridine rings is 2. The van der Waals surface area contributed by atoms with Gasteiger partial charge in [-0.2, -0.15) is 0 Å². The first-order chi connectivity index (χ1) is 37.9. The molecule has 5 atom stereocenters. The van der Waals surface area contributed by atoms with E-state index in [4.69, 9.17) is 19.2 Å². The molecule has 2 aromatic heterocycles. The Morgan fingerprint density at radius 2 is 1.65 bits per heavy atom. The molecule has 6 N–H and O–H groups in total. The molecule has 22 nitrogen and oxygen atoms in total. The number of fused-ring (bicyclic) bond motifs is 5. The van der Waals surface area contributed by atoms with Gasteiger partial charge in [-0.05, 0) is 86.6 Å². The van der Waals surface area contributed by atoms with E-state index in [9.17, 15) is 53.1 Å². The SMILES string of the molecule is CC[C@@]1(O)C(=O)OCc2c1cc1n(c2=O)Cc2c-1nc1cc(F)c(C)c3c1c2C[C@@H](NC(=O)C1CCC(OCNC(=O)CNC(=O)[C@H](Cc2ccccc2)NC(=O)COC(=O)CNC(=O)CCCCCN2C(=O)C=CC2=O)C1)C3. The topological polar surface area (TPSA) is 300 Å². The smallest absolute Gasteiger partial charge is 0.343 e. The Labute approximate surface area is 452 Å². The van der Waals surface area contributed by atoms with Crippen LogP contribution in [0.2, 0.25) is 0 Å². The summed E-state index contributed by atoms with van der Waals surface area (Å²) in [6, 6.07) is 10.2. The number of cyclic esters (lactones) is 1. The number of benzene rings is 2. The van der Waals surface area contributed by atoms with E-state index >= 15 is 4.39 Å². The minimum absolute atomic E-state index is 0.0188. The fourth-order valence-electron chi connectivity index (χ4n) is 11.0. The third-order valence-corrected chi connectivity index (χ3v) is 15.3. The number of hydrogen-bond acceptors (Lipinski definition) is 15. The van der Waals surface area contributed by atoms with Crippen LogP contribution in [-0.2, 0) is 95.4 Å². The van der Waals surface area contributed by atoms with Crippen LogP contribution in [0.15, 0.2) is 59.4 Å². The van der Waals surface area contributed by atoms with Gasteiger partial charge in [-0.3, -0.25) is 48.1 Å². The number of hydrogen-bond donors (Lipinski definition) is 6. The highest BCUT2D eigenvalue weighted by Gasteiger charge is 2.46. The van der Waals surface area contributed by atoms with Crippen LogP contribution >= 0.6 is 0 Å². The van der Waals surface area contributed by atoms with E-state index < -0.39 is 90.2 Å². The molecule has 3 aliphatic heterocycles. The Balaban J connectivity index is 0.718. The number of halogens is 1. The summed E-state index contributed by atoms with van der Waals surface area (Å²) in [5, 5.41) is 25.4. The van der Waals surface area contributed by atoms with Gasteiger partial charge in [0.2, 0.25) is 23.6 Å². The van der Waals surface area contributed by atoms with Gasteiger partial charge >= 0.3 is 11.9 Å². The van der Waals surface area contributed by atoms with Crippen molar-refractivity contribution in [1.29, 1.82) is 0 Å². The Hall–Kier alpha value is -8.18. The van der Waals surface area contributed by atoms with E-state index in [0.29, 0.717) is 85.0 Å². The molecule has 1 saturated carbocycles. The van der Waals surface area contributed by atoms with Gasteiger partial charge in [0.25, 0.3) is 23.3 Å². The van der Waals surface area contributed by atoms with E-state index in [1.807, 2.05) is 0 Å². The Kier molecular flexibility index (Phi) is 16.8. The molecular weight excluding hydrogens is 1030 g/mol. The van der Waals surface area contributed by atoms with Crippen molar-refractivity contribution in [3.05, 3.63) is 110 Å². The summed E-state index contributed by atoms with van der Waals surface area (Å²) >= 11 is 0. The van der Waals surface area contributed by atoms with Gasteiger partial charge in [-0.15, -0.1) is 0 Å². The molecule has 1 fully saturated rings. The molecule has 0 saturated heterocycles. The van der Waals surface area contributed by atoms with Gasteiger partial charge in [0.05, 0.1) is 41.7 Å². The van der Waals surface area contributed by atoms with E-state index in [1.54, 1.807) is 50.2 Å². The quantitative estimate of drug-likeness (QED) is 0.0247. The first kappa shape index (κ1) is 55.6. The molecule has 0 bridgehead atoms. The predicted molar refractivity (Wildman–Crippen MR) is 277 cm³/mol. The molecule has 0 spiro atoms. The van der Waals surface area contributed by atoms with Gasteiger partial charge in [-0.25, -0.2) is 14.2 Å². The third-order valence-electron chi connectivity index (χ3n) is 15.3. The van der Waals surface area contributed by atoms with Crippen molar-refractivity contribution < 1.29 is 66.9 Å². The summed E-state index contributed by atoms with van der Waals surface area (Å²) in [6.45, 7) is 1.49. The van der Waals surface area contributed by atoms with Crippen molar-refractivity contribution in [2.45, 2.75) is 121 Å². The molecule has 9 rings (SSSR count). The number of ether oxygens (including phenoxy) is 3. The van der Waals surface area contributed by atoms with E-state index in [0.717, 1.165) is 21.4 Å². The number of amides is 7. The fourth-order valence-corrected chi connectivity index (χ4v) is 11.0. The van der Waals surface area contributed by atoms with Crippen molar-refractivity contribution in [3.63, 3.8) is 0 Å². The minimum atomic E-state index is -2.01. The number of aromatic nitrogens is 2. The van der Waals surface area contributed by atoms with E-state index in [2.05, 4.69) is 26.6 Å². The van der Waals surface area contributed by atoms with Crippen LogP contribution in [0.25, 0.3) is 22.3 Å². The first-order valence-electron chi connectivity index (χ1n) is 26.5. The molecule has 4 aromatic rings. The van der Waals surface area contributed by atoms with E-state index in [-0.39, 0.29) is 80.6 Å². The number of unbranched alkanes of at least 4 members (excludes halogenated alkanes) is 2. The molecule has 2 unspecified atom stereocenters. The molecule has 416 valence electrons. The van der Waals surface area contributed by atoms with Crippen molar-refractivity contribution in [1.82, 2.24) is 41.0 Å². The lowest BCUT2D eigenvalue weighted by Gasteiger charge is -2.31. The standard InChI is InChI=1S/C56H61FN8O14/c1-3-56(76)39-22-43-51-37(26-65(43)54(74)38(39)27-78-55(56)75)36-21-33(20-35-30(2)40(57)23-41(63-51)50(35)36)61-52(72)32-13-14-34(19-32)79-29-60-45(67)24-59-53(73)42(18-31-10-6-4-7-11-31)62-46(68)28-77-49(71)25-58-44(66)12-8-5-9-17-64-47(69)15-16-48(64)70/h4,6-7,10-11,15-16,22-23,32-34,42,76H,3,5,8-9,12-14,17-21,24-29H2,1-2H3,(H,58,66)(H,59,73)(H,60,67)(H,61,72)(H,62,68)/t32?,33-,34?,42-,56-/m0/s1. The maximum absolute atomic E-state index is 15.6. The van der Waals surface area contributed by atoms with Crippen LogP contribution in [0.1, 0.15) is 97.2 Å². The largest absolute Gasteiger partial charge is 0.458 e. The molecule has 23 heteroatoms. The molecule has 2 aromatic carbocycles. The zero-order chi connectivity index (χ0) is 56.1. The molecule has 7 amide bonds. The van der Waals surface area contributed by atoms with Crippen molar-refractivity contribution in [2.75, 3.05) is 33.0 Å². The number of aliphatic hydroxyl groups is 1. The van der Waals surface area contributed by atoms with Gasteiger partial charge < -0.3 is 50.5 Å². The summed E-state index contributed by atoms with van der Waals surface area (Å²) in [5.41, 5.74) is 2.57. The third kappa shape index (κ3) is 12.1. The second kappa shape index (κ2) is 23.8. The van der Waals surface area contributed by atoms with Crippen LogP contribution in [0.5, 0.6) is 0 Å². The first-order valence-corrected chi connectivity index (χ1v) is 26.5. The lowest BCUT2D eigenvalue weighted by atomic mass is 9.82. The second-order valence-electron chi connectivity index (χ2n) is 20.5. The van der Waals surface area contributed by atoms with Crippen molar-refractivity contribution in [2.24, 2.45) is 5.92 Å². The number of carbonyl (C=O) groups excluding carboxylic acids is 9. The molecular formula is C56H61FN8O14. The van der Waals surface area contributed by atoms with Gasteiger partial charge in [0, 0.05) is 66.1 Å². The molecule has 79 heavy (non-hydrogen) atoms. The zero-order valence-electron chi connectivity index (χ0n) is 43.7. The number of nitrogens with one attached hydrogen (secondary N) is 5. The van der Waals surface area contributed by atoms with Crippen LogP contribution in [0, 0.1) is 18.7 Å². The molecule has 2 aliphatic carbocycles. The fraction of sp³-hybridized carbons (Fsp3) is 0.446. The lowest BCUT2D eigenvalue weighted by Crippen LogP contribution is -2.51. The Morgan fingerprint density at radius 3 is 2.41 bits per heavy atom. The second-order valence-corrected chi connectivity index (χ2v) is 20.5. The highest BCUT2D eigenvalue weighted by Crippen LogP contribution is 2.43. The summed E-state index contributed by atoms with van der Waals surface area (Å²) in [5.74, 6) is -6.08. The van der Waals surface area contributed by atoms with Crippen LogP contribution in [-0.4, -0.2) is 124 Å². The molecule has 5 heterocycles. The zero-order valence-corrected chi connectivity index (χ0v) is 43.7. The summed E-state index contributed by atoms with van der Waals surface area (Å²) in [7, 11) is 0. The highest BCUT2D eigenvalue weighted by molar-refractivity contribution is 6.12. The van der Waals surface area contributed by atoms with Crippen LogP contribution < -0.4 is 32.1 Å². The van der Waals surface area contributed by atoms with Crippen molar-refractivity contribution >= 4 is 64.2 Å². The maximum atomic E-state index is 15.6. The van der Waals surface area contributed by atoms with Crippen LogP contribution in [0.3, 0.4) is 0 Å². The maximum Gasteiger partial charge on any atom is 0.343 e. The van der Waals surface area contributed by atoms with Crippen LogP contribution in [0.4, 0.5) is 4.39 Å².